The summed E-state index contributed by atoms with van der Waals surface area (Å²) >= 11 is 0. The number of allylic oxidation sites excluding steroid dienone is 2. The number of nitrogens with one attached hydrogen (secondary N) is 1. The number of anilines is 1. The molecule has 0 fully saturated rings. The van der Waals surface area contributed by atoms with Crippen LogP contribution in [-0.2, 0) is 19.3 Å². The Balaban J connectivity index is 1.77. The van der Waals surface area contributed by atoms with Gasteiger partial charge in [-0.2, -0.15) is 0 Å². The second kappa shape index (κ2) is 6.45. The highest BCUT2D eigenvalue weighted by Gasteiger charge is 2.11. The highest BCUT2D eigenvalue weighted by Crippen LogP contribution is 2.28. The lowest BCUT2D eigenvalue weighted by atomic mass is 9.93. The predicted molar refractivity (Wildman–Crippen MR) is 101 cm³/mol. The Bertz CT molecular complexity index is 768. The third-order valence-electron chi connectivity index (χ3n) is 4.59. The normalized spacial score (nSPS) is 13.4. The molecule has 2 aromatic carbocycles. The molecule has 0 bridgehead atoms. The molecule has 0 radical (unpaired) electrons. The fourth-order valence-electron chi connectivity index (χ4n) is 3.25. The van der Waals surface area contributed by atoms with Gasteiger partial charge in [-0.3, -0.25) is 0 Å². The molecule has 1 aliphatic rings. The first kappa shape index (κ1) is 15.6. The topological polar surface area (TPSA) is 12.0 Å². The number of hydrogen-bond acceptors (Lipinski definition) is 1. The van der Waals surface area contributed by atoms with E-state index < -0.39 is 0 Å². The Kier molecular flexibility index (Phi) is 4.38. The lowest BCUT2D eigenvalue weighted by Crippen LogP contribution is -2.09. The molecule has 1 N–H and O–H groups in total. The summed E-state index contributed by atoms with van der Waals surface area (Å²) in [7, 11) is 0. The van der Waals surface area contributed by atoms with Crippen molar-refractivity contribution in [1.29, 1.82) is 0 Å². The van der Waals surface area contributed by atoms with E-state index in [2.05, 4.69) is 68.7 Å². The maximum Gasteiger partial charge on any atom is 0.0414 e. The predicted octanol–water partition coefficient (Wildman–Crippen LogP) is 5.69. The molecule has 1 nitrogen and oxygen atoms in total. The van der Waals surface area contributed by atoms with Crippen molar-refractivity contribution in [1.82, 2.24) is 0 Å². The smallest absolute Gasteiger partial charge is 0.0414 e. The first-order valence-corrected chi connectivity index (χ1v) is 8.35. The molecule has 3 rings (SSSR count). The van der Waals surface area contributed by atoms with Crippen LogP contribution in [-0.4, -0.2) is 0 Å². The van der Waals surface area contributed by atoms with Gasteiger partial charge in [-0.05, 0) is 67.9 Å². The number of fused-ring (bicyclic) bond motifs is 1. The summed E-state index contributed by atoms with van der Waals surface area (Å²) < 4.78 is 0. The molecular formula is C22H25N. The monoisotopic (exact) mass is 303 g/mol. The van der Waals surface area contributed by atoms with E-state index in [1.54, 1.807) is 0 Å². The summed E-state index contributed by atoms with van der Waals surface area (Å²) in [6.07, 6.45) is 4.25. The van der Waals surface area contributed by atoms with Crippen LogP contribution >= 0.6 is 0 Å². The van der Waals surface area contributed by atoms with E-state index in [1.807, 2.05) is 0 Å². The SMILES string of the molecule is C=C1CCc2cc(CCc3ccc(C)cc3C(=C)C)ccc2N1. The average molecular weight is 303 g/mol. The van der Waals surface area contributed by atoms with Crippen molar-refractivity contribution in [3.05, 3.63) is 83.1 Å². The molecule has 2 aromatic rings. The van der Waals surface area contributed by atoms with Gasteiger partial charge in [0.25, 0.3) is 0 Å². The van der Waals surface area contributed by atoms with E-state index in [0.29, 0.717) is 0 Å². The molecular weight excluding hydrogens is 278 g/mol. The molecule has 0 amide bonds. The van der Waals surface area contributed by atoms with Crippen LogP contribution in [0.4, 0.5) is 5.69 Å². The Morgan fingerprint density at radius 1 is 1.09 bits per heavy atom. The second-order valence-electron chi connectivity index (χ2n) is 6.66. The van der Waals surface area contributed by atoms with Gasteiger partial charge in [0, 0.05) is 11.4 Å². The summed E-state index contributed by atoms with van der Waals surface area (Å²) in [5.74, 6) is 0. The molecule has 0 aromatic heterocycles. The van der Waals surface area contributed by atoms with Gasteiger partial charge in [0.2, 0.25) is 0 Å². The van der Waals surface area contributed by atoms with Crippen molar-refractivity contribution in [3.63, 3.8) is 0 Å². The van der Waals surface area contributed by atoms with Crippen molar-refractivity contribution in [2.75, 3.05) is 5.32 Å². The first-order chi connectivity index (χ1) is 11.0. The van der Waals surface area contributed by atoms with E-state index in [-0.39, 0.29) is 0 Å². The lowest BCUT2D eigenvalue weighted by molar-refractivity contribution is 0.902. The summed E-state index contributed by atoms with van der Waals surface area (Å²) in [5.41, 5.74) is 10.3. The van der Waals surface area contributed by atoms with Crippen molar-refractivity contribution in [2.24, 2.45) is 0 Å². The fraction of sp³-hybridized carbons (Fsp3) is 0.273. The van der Waals surface area contributed by atoms with E-state index in [0.717, 1.165) is 37.0 Å². The van der Waals surface area contributed by atoms with Crippen LogP contribution in [0.25, 0.3) is 5.57 Å². The Labute approximate surface area is 139 Å². The van der Waals surface area contributed by atoms with Crippen LogP contribution in [0.1, 0.15) is 41.2 Å². The maximum absolute atomic E-state index is 4.13. The number of hydrogen-bond donors (Lipinski definition) is 1. The van der Waals surface area contributed by atoms with Crippen LogP contribution in [0.15, 0.2) is 55.3 Å². The lowest BCUT2D eigenvalue weighted by Gasteiger charge is -2.20. The molecule has 1 aliphatic heterocycles. The zero-order valence-corrected chi connectivity index (χ0v) is 14.2. The Hall–Kier alpha value is -2.28. The fourth-order valence-corrected chi connectivity index (χ4v) is 3.25. The van der Waals surface area contributed by atoms with Gasteiger partial charge < -0.3 is 5.32 Å². The van der Waals surface area contributed by atoms with Crippen molar-refractivity contribution >= 4 is 11.3 Å². The van der Waals surface area contributed by atoms with Crippen LogP contribution < -0.4 is 5.32 Å². The second-order valence-corrected chi connectivity index (χ2v) is 6.66. The summed E-state index contributed by atoms with van der Waals surface area (Å²) in [4.78, 5) is 0. The number of aryl methyl sites for hydroxylation is 4. The minimum atomic E-state index is 1.04. The zero-order valence-electron chi connectivity index (χ0n) is 14.2. The molecule has 1 heterocycles. The molecule has 0 atom stereocenters. The zero-order chi connectivity index (χ0) is 16.4. The molecule has 0 spiro atoms. The van der Waals surface area contributed by atoms with E-state index in [9.17, 15) is 0 Å². The van der Waals surface area contributed by atoms with Crippen LogP contribution in [0.2, 0.25) is 0 Å². The van der Waals surface area contributed by atoms with E-state index in [1.165, 1.54) is 33.5 Å². The van der Waals surface area contributed by atoms with Crippen molar-refractivity contribution < 1.29 is 0 Å². The molecule has 0 saturated heterocycles. The minimum absolute atomic E-state index is 1.04. The number of benzene rings is 2. The molecule has 0 saturated carbocycles. The van der Waals surface area contributed by atoms with Gasteiger partial charge in [0.1, 0.15) is 0 Å². The van der Waals surface area contributed by atoms with Gasteiger partial charge in [-0.15, -0.1) is 0 Å². The van der Waals surface area contributed by atoms with Crippen LogP contribution in [0.5, 0.6) is 0 Å². The van der Waals surface area contributed by atoms with Crippen LogP contribution in [0, 0.1) is 6.92 Å². The van der Waals surface area contributed by atoms with Gasteiger partial charge in [0.05, 0.1) is 0 Å². The Morgan fingerprint density at radius 2 is 1.91 bits per heavy atom. The molecule has 1 heteroatoms. The van der Waals surface area contributed by atoms with E-state index in [4.69, 9.17) is 0 Å². The average Bonchev–Trinajstić information content (AvgIpc) is 2.53. The summed E-state index contributed by atoms with van der Waals surface area (Å²) in [5, 5.41) is 3.39. The maximum atomic E-state index is 4.13. The Morgan fingerprint density at radius 3 is 2.70 bits per heavy atom. The van der Waals surface area contributed by atoms with Gasteiger partial charge in [-0.1, -0.05) is 54.6 Å². The largest absolute Gasteiger partial charge is 0.359 e. The molecule has 118 valence electrons. The molecule has 23 heavy (non-hydrogen) atoms. The minimum Gasteiger partial charge on any atom is -0.359 e. The molecule has 0 aliphatic carbocycles. The van der Waals surface area contributed by atoms with E-state index >= 15 is 0 Å². The third-order valence-corrected chi connectivity index (χ3v) is 4.59. The quantitative estimate of drug-likeness (QED) is 0.765. The summed E-state index contributed by atoms with van der Waals surface area (Å²) in [6, 6.07) is 13.5. The third kappa shape index (κ3) is 3.56. The van der Waals surface area contributed by atoms with Gasteiger partial charge in [0.15, 0.2) is 0 Å². The number of rotatable bonds is 4. The highest BCUT2D eigenvalue weighted by atomic mass is 14.9. The van der Waals surface area contributed by atoms with Gasteiger partial charge >= 0.3 is 0 Å². The first-order valence-electron chi connectivity index (χ1n) is 8.35. The van der Waals surface area contributed by atoms with Crippen molar-refractivity contribution in [2.45, 2.75) is 39.5 Å². The molecule has 0 unspecified atom stereocenters. The van der Waals surface area contributed by atoms with Crippen molar-refractivity contribution in [3.8, 4) is 0 Å². The summed E-state index contributed by atoms with van der Waals surface area (Å²) in [6.45, 7) is 12.4. The van der Waals surface area contributed by atoms with Gasteiger partial charge in [-0.25, -0.2) is 0 Å². The highest BCUT2D eigenvalue weighted by molar-refractivity contribution is 5.65. The standard InChI is InChI=1S/C22H25N/c1-15(2)21-13-16(3)5-9-19(21)11-7-18-8-12-22-20(14-18)10-6-17(4)23-22/h5,8-9,12-14,23H,1,4,6-7,10-11H2,2-3H3. The van der Waals surface area contributed by atoms with Crippen LogP contribution in [0.3, 0.4) is 0 Å².